The molecular weight excluding hydrogens is 236 g/mol. The van der Waals surface area contributed by atoms with E-state index in [9.17, 15) is 0 Å². The fourth-order valence-corrected chi connectivity index (χ4v) is 1.78. The maximum atomic E-state index is 5.53. The minimum atomic E-state index is 0.377. The summed E-state index contributed by atoms with van der Waals surface area (Å²) >= 11 is 0. The van der Waals surface area contributed by atoms with E-state index >= 15 is 0 Å². The zero-order valence-corrected chi connectivity index (χ0v) is 12.4. The van der Waals surface area contributed by atoms with Crippen molar-refractivity contribution in [1.29, 1.82) is 0 Å². The first-order valence-electron chi connectivity index (χ1n) is 7.01. The molecule has 0 aromatic heterocycles. The summed E-state index contributed by atoms with van der Waals surface area (Å²) in [5.41, 5.74) is 2.57. The molecule has 106 valence electrons. The fourth-order valence-electron chi connectivity index (χ4n) is 1.78. The van der Waals surface area contributed by atoms with Crippen LogP contribution >= 0.6 is 0 Å². The third-order valence-corrected chi connectivity index (χ3v) is 2.89. The molecule has 0 saturated carbocycles. The lowest BCUT2D eigenvalue weighted by Gasteiger charge is -2.11. The lowest BCUT2D eigenvalue weighted by molar-refractivity contribution is -0.0706. The van der Waals surface area contributed by atoms with Gasteiger partial charge < -0.3 is 9.47 Å². The second-order valence-corrected chi connectivity index (χ2v) is 5.29. The van der Waals surface area contributed by atoms with Crippen LogP contribution in [0.5, 0.6) is 0 Å². The van der Waals surface area contributed by atoms with Crippen LogP contribution in [-0.4, -0.2) is 13.4 Å². The molecule has 2 nitrogen and oxygen atoms in total. The quantitative estimate of drug-likeness (QED) is 0.369. The van der Waals surface area contributed by atoms with E-state index < -0.39 is 0 Å². The molecule has 0 bridgehead atoms. The van der Waals surface area contributed by atoms with E-state index in [-0.39, 0.29) is 0 Å². The van der Waals surface area contributed by atoms with Crippen LogP contribution in [0.2, 0.25) is 0 Å². The number of hydrogen-bond donors (Lipinski definition) is 0. The van der Waals surface area contributed by atoms with Crippen LogP contribution < -0.4 is 0 Å². The van der Waals surface area contributed by atoms with Gasteiger partial charge >= 0.3 is 0 Å². The van der Waals surface area contributed by atoms with Gasteiger partial charge in [-0.2, -0.15) is 0 Å². The monoisotopic (exact) mass is 262 g/mol. The van der Waals surface area contributed by atoms with Gasteiger partial charge in [0.05, 0.1) is 13.2 Å². The zero-order chi connectivity index (χ0) is 13.9. The largest absolute Gasteiger partial charge is 0.355 e. The summed E-state index contributed by atoms with van der Waals surface area (Å²) < 4.78 is 11.0. The van der Waals surface area contributed by atoms with Gasteiger partial charge in [0.1, 0.15) is 6.79 Å². The lowest BCUT2D eigenvalue weighted by atomic mass is 10.1. The first kappa shape index (κ1) is 15.9. The Labute approximate surface area is 117 Å². The molecular formula is C17H26O2. The minimum Gasteiger partial charge on any atom is -0.355 e. The standard InChI is InChI=1S/C17H26O2/c1-15(2)8-7-9-16(3)12-18-14-19-13-17-10-5-4-6-11-17/h4-6,8,10-11,16H,7,9,12-14H2,1-3H3. The number of ether oxygens (including phenoxy) is 2. The summed E-state index contributed by atoms with van der Waals surface area (Å²) in [4.78, 5) is 0. The smallest absolute Gasteiger partial charge is 0.147 e. The van der Waals surface area contributed by atoms with Crippen LogP contribution in [0.3, 0.4) is 0 Å². The summed E-state index contributed by atoms with van der Waals surface area (Å²) in [5.74, 6) is 0.580. The third kappa shape index (κ3) is 8.57. The van der Waals surface area contributed by atoms with E-state index in [0.717, 1.165) is 13.0 Å². The molecule has 0 N–H and O–H groups in total. The van der Waals surface area contributed by atoms with Crippen molar-refractivity contribution in [2.45, 2.75) is 40.2 Å². The molecule has 0 aliphatic carbocycles. The highest BCUT2D eigenvalue weighted by Crippen LogP contribution is 2.08. The van der Waals surface area contributed by atoms with E-state index in [2.05, 4.69) is 39.0 Å². The summed E-state index contributed by atoms with van der Waals surface area (Å²) in [6, 6.07) is 10.2. The second-order valence-electron chi connectivity index (χ2n) is 5.29. The first-order valence-corrected chi connectivity index (χ1v) is 7.01. The molecule has 0 aliphatic rings. The third-order valence-electron chi connectivity index (χ3n) is 2.89. The molecule has 1 aromatic rings. The predicted octanol–water partition coefficient (Wildman–Crippen LogP) is 4.56. The van der Waals surface area contributed by atoms with Gasteiger partial charge in [0.25, 0.3) is 0 Å². The SMILES string of the molecule is CC(C)=CCCC(C)COCOCc1ccccc1. The molecule has 1 rings (SSSR count). The Kier molecular flexibility index (Phi) is 8.19. The average molecular weight is 262 g/mol. The van der Waals surface area contributed by atoms with Crippen molar-refractivity contribution in [3.63, 3.8) is 0 Å². The van der Waals surface area contributed by atoms with Crippen LogP contribution in [0.1, 0.15) is 39.2 Å². The van der Waals surface area contributed by atoms with Crippen molar-refractivity contribution < 1.29 is 9.47 Å². The fraction of sp³-hybridized carbons (Fsp3) is 0.529. The Balaban J connectivity index is 2.00. The van der Waals surface area contributed by atoms with Crippen molar-refractivity contribution in [1.82, 2.24) is 0 Å². The highest BCUT2D eigenvalue weighted by molar-refractivity contribution is 5.13. The first-order chi connectivity index (χ1) is 9.18. The Morgan fingerprint density at radius 3 is 2.58 bits per heavy atom. The maximum Gasteiger partial charge on any atom is 0.147 e. The molecule has 0 fully saturated rings. The molecule has 1 aromatic carbocycles. The summed E-state index contributed by atoms with van der Waals surface area (Å²) in [6.07, 6.45) is 4.59. The number of hydrogen-bond acceptors (Lipinski definition) is 2. The average Bonchev–Trinajstić information content (AvgIpc) is 2.39. The van der Waals surface area contributed by atoms with Gasteiger partial charge in [-0.3, -0.25) is 0 Å². The Bertz CT molecular complexity index is 353. The van der Waals surface area contributed by atoms with Gasteiger partial charge in [-0.1, -0.05) is 48.9 Å². The molecule has 0 radical (unpaired) electrons. The van der Waals surface area contributed by atoms with E-state index in [4.69, 9.17) is 9.47 Å². The molecule has 1 atom stereocenters. The van der Waals surface area contributed by atoms with Gasteiger partial charge in [-0.15, -0.1) is 0 Å². The highest BCUT2D eigenvalue weighted by atomic mass is 16.7. The molecule has 2 heteroatoms. The highest BCUT2D eigenvalue weighted by Gasteiger charge is 2.01. The second kappa shape index (κ2) is 9.76. The van der Waals surface area contributed by atoms with E-state index in [1.54, 1.807) is 0 Å². The van der Waals surface area contributed by atoms with E-state index in [0.29, 0.717) is 19.3 Å². The van der Waals surface area contributed by atoms with Crippen molar-refractivity contribution in [3.05, 3.63) is 47.5 Å². The Morgan fingerprint density at radius 2 is 1.89 bits per heavy atom. The Morgan fingerprint density at radius 1 is 1.16 bits per heavy atom. The Hall–Kier alpha value is -1.12. The minimum absolute atomic E-state index is 0.377. The van der Waals surface area contributed by atoms with Gasteiger partial charge in [-0.25, -0.2) is 0 Å². The molecule has 1 unspecified atom stereocenters. The van der Waals surface area contributed by atoms with Crippen molar-refractivity contribution in [2.75, 3.05) is 13.4 Å². The molecule has 0 saturated heterocycles. The van der Waals surface area contributed by atoms with E-state index in [1.165, 1.54) is 17.6 Å². The maximum absolute atomic E-state index is 5.53. The normalized spacial score (nSPS) is 12.2. The van der Waals surface area contributed by atoms with Gasteiger partial charge in [0, 0.05) is 0 Å². The van der Waals surface area contributed by atoms with E-state index in [1.807, 2.05) is 18.2 Å². The summed E-state index contributed by atoms with van der Waals surface area (Å²) in [5, 5.41) is 0. The predicted molar refractivity (Wildman–Crippen MR) is 79.9 cm³/mol. The van der Waals surface area contributed by atoms with Crippen LogP contribution in [0.25, 0.3) is 0 Å². The lowest BCUT2D eigenvalue weighted by Crippen LogP contribution is -2.08. The van der Waals surface area contributed by atoms with Gasteiger partial charge in [0.15, 0.2) is 0 Å². The number of benzene rings is 1. The van der Waals surface area contributed by atoms with Crippen LogP contribution in [0, 0.1) is 5.92 Å². The number of allylic oxidation sites excluding steroid dienone is 2. The molecule has 0 amide bonds. The van der Waals surface area contributed by atoms with Crippen molar-refractivity contribution in [3.8, 4) is 0 Å². The van der Waals surface area contributed by atoms with Gasteiger partial charge in [-0.05, 0) is 38.2 Å². The van der Waals surface area contributed by atoms with Crippen molar-refractivity contribution in [2.24, 2.45) is 5.92 Å². The van der Waals surface area contributed by atoms with Crippen LogP contribution in [0.15, 0.2) is 42.0 Å². The molecule has 0 heterocycles. The zero-order valence-electron chi connectivity index (χ0n) is 12.4. The topological polar surface area (TPSA) is 18.5 Å². The van der Waals surface area contributed by atoms with Gasteiger partial charge in [0.2, 0.25) is 0 Å². The molecule has 0 aliphatic heterocycles. The van der Waals surface area contributed by atoms with Crippen LogP contribution in [-0.2, 0) is 16.1 Å². The molecule has 19 heavy (non-hydrogen) atoms. The summed E-state index contributed by atoms with van der Waals surface area (Å²) in [6.45, 7) is 8.26. The molecule has 0 spiro atoms. The number of rotatable bonds is 9. The van der Waals surface area contributed by atoms with Crippen LogP contribution in [0.4, 0.5) is 0 Å². The van der Waals surface area contributed by atoms with Crippen molar-refractivity contribution >= 4 is 0 Å². The summed E-state index contributed by atoms with van der Waals surface area (Å²) in [7, 11) is 0.